The molecule has 2 atom stereocenters. The molecule has 0 radical (unpaired) electrons. The molecule has 0 unspecified atom stereocenters. The summed E-state index contributed by atoms with van der Waals surface area (Å²) in [5.74, 6) is -2.61. The number of hydrogen-bond donors (Lipinski definition) is 1. The van der Waals surface area contributed by atoms with Gasteiger partial charge in [0.25, 0.3) is 6.43 Å². The molecule has 6 heteroatoms. The molecule has 17 heavy (non-hydrogen) atoms. The second kappa shape index (κ2) is 4.81. The van der Waals surface area contributed by atoms with Crippen molar-refractivity contribution in [2.24, 2.45) is 17.3 Å². The minimum atomic E-state index is -2.70. The van der Waals surface area contributed by atoms with Crippen molar-refractivity contribution in [2.45, 2.75) is 20.3 Å². The van der Waals surface area contributed by atoms with E-state index < -0.39 is 36.3 Å². The molecule has 0 amide bonds. The molecule has 0 bridgehead atoms. The molecular weight excluding hydrogens is 234 g/mol. The van der Waals surface area contributed by atoms with Gasteiger partial charge in [-0.15, -0.1) is 0 Å². The van der Waals surface area contributed by atoms with Gasteiger partial charge in [-0.2, -0.15) is 0 Å². The number of allylic oxidation sites excluding steroid dienone is 1. The third kappa shape index (κ3) is 3.25. The van der Waals surface area contributed by atoms with Gasteiger partial charge in [-0.25, -0.2) is 13.6 Å². The van der Waals surface area contributed by atoms with Gasteiger partial charge < -0.3 is 9.84 Å². The first-order valence-electron chi connectivity index (χ1n) is 5.12. The summed E-state index contributed by atoms with van der Waals surface area (Å²) < 4.78 is 27.7. The quantitative estimate of drug-likeness (QED) is 0.594. The summed E-state index contributed by atoms with van der Waals surface area (Å²) in [6.45, 7) is 2.59. The van der Waals surface area contributed by atoms with Gasteiger partial charge in [0, 0.05) is 6.08 Å². The fraction of sp³-hybridized carbons (Fsp3) is 0.636. The molecule has 0 aromatic carbocycles. The standard InChI is InChI=1S/C11H14F2O4/c1-11(2)6(9(11)10(15)16)3-4-8(14)17-5-7(12)13/h3-4,6-7,9H,5H2,1-2H3,(H,15,16)/t6-,9-/m0/s1. The predicted molar refractivity (Wildman–Crippen MR) is 54.5 cm³/mol. The Labute approximate surface area is 97.3 Å². The summed E-state index contributed by atoms with van der Waals surface area (Å²) >= 11 is 0. The molecule has 1 aliphatic rings. The van der Waals surface area contributed by atoms with Crippen molar-refractivity contribution in [1.82, 2.24) is 0 Å². The Balaban J connectivity index is 2.45. The summed E-state index contributed by atoms with van der Waals surface area (Å²) in [6.07, 6.45) is -0.277. The van der Waals surface area contributed by atoms with Crippen LogP contribution in [0.4, 0.5) is 8.78 Å². The second-order valence-electron chi connectivity index (χ2n) is 4.54. The van der Waals surface area contributed by atoms with Gasteiger partial charge in [-0.05, 0) is 11.3 Å². The molecule has 0 spiro atoms. The molecule has 0 heterocycles. The number of carboxylic acid groups (broad SMARTS) is 1. The SMILES string of the molecule is CC1(C)[C@H](C(=O)O)[C@@H]1C=CC(=O)OCC(F)F. The first kappa shape index (κ1) is 13.6. The Kier molecular flexibility index (Phi) is 3.85. The van der Waals surface area contributed by atoms with Gasteiger partial charge in [0.05, 0.1) is 5.92 Å². The molecule has 0 aromatic rings. The Morgan fingerprint density at radius 2 is 2.06 bits per heavy atom. The summed E-state index contributed by atoms with van der Waals surface area (Å²) in [7, 11) is 0. The van der Waals surface area contributed by atoms with E-state index in [0.717, 1.165) is 6.08 Å². The Morgan fingerprint density at radius 1 is 1.47 bits per heavy atom. The lowest BCUT2D eigenvalue weighted by molar-refractivity contribution is -0.142. The van der Waals surface area contributed by atoms with Crippen molar-refractivity contribution in [2.75, 3.05) is 6.61 Å². The van der Waals surface area contributed by atoms with E-state index in [1.165, 1.54) is 6.08 Å². The van der Waals surface area contributed by atoms with Gasteiger partial charge in [0.15, 0.2) is 6.61 Å². The van der Waals surface area contributed by atoms with Crippen molar-refractivity contribution < 1.29 is 28.2 Å². The Hall–Kier alpha value is -1.46. The van der Waals surface area contributed by atoms with Gasteiger partial charge in [-0.1, -0.05) is 19.9 Å². The average molecular weight is 248 g/mol. The smallest absolute Gasteiger partial charge is 0.330 e. The second-order valence-corrected chi connectivity index (χ2v) is 4.54. The Morgan fingerprint density at radius 3 is 2.47 bits per heavy atom. The molecule has 1 aliphatic carbocycles. The number of carbonyl (C=O) groups is 2. The topological polar surface area (TPSA) is 63.6 Å². The minimum Gasteiger partial charge on any atom is -0.481 e. The summed E-state index contributed by atoms with van der Waals surface area (Å²) in [5.41, 5.74) is -0.411. The average Bonchev–Trinajstić information content (AvgIpc) is 2.74. The number of hydrogen-bond acceptors (Lipinski definition) is 3. The van der Waals surface area contributed by atoms with E-state index in [1.54, 1.807) is 13.8 Å². The number of carboxylic acids is 1. The van der Waals surface area contributed by atoms with Crippen LogP contribution in [-0.2, 0) is 14.3 Å². The van der Waals surface area contributed by atoms with Crippen molar-refractivity contribution in [3.63, 3.8) is 0 Å². The molecule has 0 aliphatic heterocycles. The molecule has 96 valence electrons. The van der Waals surface area contributed by atoms with E-state index in [2.05, 4.69) is 4.74 Å². The fourth-order valence-electron chi connectivity index (χ4n) is 1.88. The van der Waals surface area contributed by atoms with Crippen LogP contribution in [0.3, 0.4) is 0 Å². The fourth-order valence-corrected chi connectivity index (χ4v) is 1.88. The highest BCUT2D eigenvalue weighted by atomic mass is 19.3. The van der Waals surface area contributed by atoms with E-state index in [4.69, 9.17) is 5.11 Å². The highest BCUT2D eigenvalue weighted by Crippen LogP contribution is 2.58. The zero-order valence-electron chi connectivity index (χ0n) is 9.52. The predicted octanol–water partition coefficient (Wildman–Crippen LogP) is 1.71. The monoisotopic (exact) mass is 248 g/mol. The zero-order valence-corrected chi connectivity index (χ0v) is 9.52. The van der Waals surface area contributed by atoms with E-state index in [-0.39, 0.29) is 5.92 Å². The van der Waals surface area contributed by atoms with Crippen molar-refractivity contribution in [3.05, 3.63) is 12.2 Å². The van der Waals surface area contributed by atoms with Gasteiger partial charge in [0.1, 0.15) is 0 Å². The lowest BCUT2D eigenvalue weighted by Gasteiger charge is -1.99. The van der Waals surface area contributed by atoms with Gasteiger partial charge >= 0.3 is 11.9 Å². The van der Waals surface area contributed by atoms with Crippen LogP contribution >= 0.6 is 0 Å². The maximum atomic E-state index is 11.7. The van der Waals surface area contributed by atoms with E-state index >= 15 is 0 Å². The summed E-state index contributed by atoms with van der Waals surface area (Å²) in [4.78, 5) is 21.8. The number of alkyl halides is 2. The largest absolute Gasteiger partial charge is 0.481 e. The molecule has 0 saturated heterocycles. The third-order valence-corrected chi connectivity index (χ3v) is 2.97. The molecule has 1 N–H and O–H groups in total. The lowest BCUT2D eigenvalue weighted by atomic mass is 10.1. The molecule has 0 aromatic heterocycles. The van der Waals surface area contributed by atoms with Gasteiger partial charge in [-0.3, -0.25) is 4.79 Å². The maximum absolute atomic E-state index is 11.7. The maximum Gasteiger partial charge on any atom is 0.330 e. The van der Waals surface area contributed by atoms with Crippen LogP contribution in [0.25, 0.3) is 0 Å². The zero-order chi connectivity index (χ0) is 13.2. The molecule has 1 rings (SSSR count). The minimum absolute atomic E-state index is 0.265. The number of rotatable bonds is 5. The third-order valence-electron chi connectivity index (χ3n) is 2.97. The normalized spacial score (nSPS) is 26.2. The van der Waals surface area contributed by atoms with E-state index in [9.17, 15) is 18.4 Å². The number of aliphatic carboxylic acids is 1. The van der Waals surface area contributed by atoms with Crippen LogP contribution in [0.15, 0.2) is 12.2 Å². The molecule has 1 saturated carbocycles. The Bertz CT molecular complexity index is 349. The van der Waals surface area contributed by atoms with Crippen LogP contribution in [0, 0.1) is 17.3 Å². The summed E-state index contributed by atoms with van der Waals surface area (Å²) in [5, 5.41) is 8.85. The summed E-state index contributed by atoms with van der Waals surface area (Å²) in [6, 6.07) is 0. The highest BCUT2D eigenvalue weighted by molar-refractivity contribution is 5.83. The van der Waals surface area contributed by atoms with Crippen LogP contribution in [0.1, 0.15) is 13.8 Å². The number of ether oxygens (including phenoxy) is 1. The van der Waals surface area contributed by atoms with E-state index in [1.807, 2.05) is 0 Å². The number of halogens is 2. The molecule has 4 nitrogen and oxygen atoms in total. The van der Waals surface area contributed by atoms with Gasteiger partial charge in [0.2, 0.25) is 0 Å². The lowest BCUT2D eigenvalue weighted by Crippen LogP contribution is -2.09. The van der Waals surface area contributed by atoms with Crippen LogP contribution in [0.2, 0.25) is 0 Å². The molecule has 1 fully saturated rings. The van der Waals surface area contributed by atoms with E-state index in [0.29, 0.717) is 0 Å². The van der Waals surface area contributed by atoms with Crippen LogP contribution < -0.4 is 0 Å². The van der Waals surface area contributed by atoms with Crippen LogP contribution in [0.5, 0.6) is 0 Å². The van der Waals surface area contributed by atoms with Crippen molar-refractivity contribution in [1.29, 1.82) is 0 Å². The first-order valence-corrected chi connectivity index (χ1v) is 5.12. The van der Waals surface area contributed by atoms with Crippen LogP contribution in [-0.4, -0.2) is 30.1 Å². The first-order chi connectivity index (χ1) is 7.76. The van der Waals surface area contributed by atoms with Crippen molar-refractivity contribution >= 4 is 11.9 Å². The number of esters is 1. The number of carbonyl (C=O) groups excluding carboxylic acids is 1. The molecular formula is C11H14F2O4. The van der Waals surface area contributed by atoms with Crippen molar-refractivity contribution in [3.8, 4) is 0 Å². The highest BCUT2D eigenvalue weighted by Gasteiger charge is 2.60.